The van der Waals surface area contributed by atoms with Gasteiger partial charge in [0.15, 0.2) is 11.5 Å². The maximum atomic E-state index is 12.8. The summed E-state index contributed by atoms with van der Waals surface area (Å²) < 4.78 is 11.0. The predicted molar refractivity (Wildman–Crippen MR) is 111 cm³/mol. The van der Waals surface area contributed by atoms with Crippen LogP contribution in [0.3, 0.4) is 0 Å². The van der Waals surface area contributed by atoms with E-state index >= 15 is 0 Å². The monoisotopic (exact) mass is 393 g/mol. The van der Waals surface area contributed by atoms with Gasteiger partial charge in [-0.3, -0.25) is 0 Å². The molecule has 1 aliphatic heterocycles. The number of nitrogens with one attached hydrogen (secondary N) is 1. The second-order valence-corrected chi connectivity index (χ2v) is 7.08. The molecule has 0 radical (unpaired) electrons. The second kappa shape index (κ2) is 9.33. The zero-order valence-corrected chi connectivity index (χ0v) is 17.2. The molecule has 3 rings (SSSR count). The third-order valence-electron chi connectivity index (χ3n) is 5.25. The number of hydrogen-bond acceptors (Lipinski definition) is 4. The van der Waals surface area contributed by atoms with Crippen molar-refractivity contribution in [1.29, 1.82) is 5.26 Å². The minimum Gasteiger partial charge on any atom is -0.493 e. The highest BCUT2D eigenvalue weighted by atomic mass is 16.5. The van der Waals surface area contributed by atoms with Crippen LogP contribution in [0.1, 0.15) is 42.1 Å². The van der Waals surface area contributed by atoms with E-state index in [0.29, 0.717) is 37.6 Å². The van der Waals surface area contributed by atoms with Crippen molar-refractivity contribution in [3.05, 3.63) is 58.7 Å². The van der Waals surface area contributed by atoms with Crippen molar-refractivity contribution in [1.82, 2.24) is 10.2 Å². The van der Waals surface area contributed by atoms with Crippen molar-refractivity contribution in [2.24, 2.45) is 0 Å². The topological polar surface area (TPSA) is 74.6 Å². The van der Waals surface area contributed by atoms with Gasteiger partial charge in [0.1, 0.15) is 0 Å². The van der Waals surface area contributed by atoms with Gasteiger partial charge in [-0.25, -0.2) is 4.79 Å². The fourth-order valence-electron chi connectivity index (χ4n) is 3.70. The Morgan fingerprint density at radius 3 is 2.86 bits per heavy atom. The fourth-order valence-corrected chi connectivity index (χ4v) is 3.70. The lowest BCUT2D eigenvalue weighted by atomic mass is 9.93. The number of nitrogens with zero attached hydrogens (tertiary/aromatic N) is 2. The van der Waals surface area contributed by atoms with E-state index in [0.717, 1.165) is 23.1 Å². The number of amides is 2. The Balaban J connectivity index is 1.68. The van der Waals surface area contributed by atoms with E-state index in [9.17, 15) is 4.79 Å². The lowest BCUT2D eigenvalue weighted by Gasteiger charge is -2.31. The number of carbonyl (C=O) groups is 1. The van der Waals surface area contributed by atoms with Gasteiger partial charge in [-0.05, 0) is 54.7 Å². The molecule has 0 saturated heterocycles. The number of fused-ring (bicyclic) bond motifs is 1. The molecule has 0 bridgehead atoms. The van der Waals surface area contributed by atoms with Crippen molar-refractivity contribution >= 4 is 6.03 Å². The highest BCUT2D eigenvalue weighted by molar-refractivity contribution is 5.75. The standard InChI is InChI=1S/C23H27N3O3/c1-4-29-21-9-8-18(14-22(21)28-3)16(2)25-23(27)26-13-11-20-17(10-12-24)6-5-7-19(20)15-26/h5-9,14,16H,4,10-11,13,15H2,1-3H3,(H,25,27). The molecule has 0 fully saturated rings. The van der Waals surface area contributed by atoms with E-state index in [1.165, 1.54) is 5.56 Å². The van der Waals surface area contributed by atoms with Crippen LogP contribution < -0.4 is 14.8 Å². The Hall–Kier alpha value is -3.20. The maximum Gasteiger partial charge on any atom is 0.318 e. The Morgan fingerprint density at radius 1 is 1.31 bits per heavy atom. The number of ether oxygens (including phenoxy) is 2. The molecule has 2 aromatic carbocycles. The molecule has 1 aliphatic rings. The summed E-state index contributed by atoms with van der Waals surface area (Å²) in [6.45, 7) is 5.64. The van der Waals surface area contributed by atoms with Crippen LogP contribution in [0.2, 0.25) is 0 Å². The molecular formula is C23H27N3O3. The van der Waals surface area contributed by atoms with Crippen LogP contribution in [0, 0.1) is 11.3 Å². The number of urea groups is 1. The number of nitriles is 1. The van der Waals surface area contributed by atoms with Crippen LogP contribution in [-0.2, 0) is 19.4 Å². The van der Waals surface area contributed by atoms with Gasteiger partial charge in [-0.15, -0.1) is 0 Å². The Labute approximate surface area is 172 Å². The highest BCUT2D eigenvalue weighted by Crippen LogP contribution is 2.30. The number of carbonyl (C=O) groups excluding carboxylic acids is 1. The Morgan fingerprint density at radius 2 is 2.14 bits per heavy atom. The van der Waals surface area contributed by atoms with Gasteiger partial charge < -0.3 is 19.7 Å². The quantitative estimate of drug-likeness (QED) is 0.805. The van der Waals surface area contributed by atoms with Crippen LogP contribution in [0.5, 0.6) is 11.5 Å². The lowest BCUT2D eigenvalue weighted by molar-refractivity contribution is 0.189. The smallest absolute Gasteiger partial charge is 0.318 e. The first-order valence-corrected chi connectivity index (χ1v) is 9.90. The number of rotatable bonds is 6. The molecule has 0 spiro atoms. The third kappa shape index (κ3) is 4.62. The van der Waals surface area contributed by atoms with Gasteiger partial charge in [-0.2, -0.15) is 5.26 Å². The molecule has 1 N–H and O–H groups in total. The van der Waals surface area contributed by atoms with Crippen molar-refractivity contribution in [3.8, 4) is 17.6 Å². The first kappa shape index (κ1) is 20.5. The predicted octanol–water partition coefficient (Wildman–Crippen LogP) is 3.99. The second-order valence-electron chi connectivity index (χ2n) is 7.08. The molecule has 1 atom stereocenters. The summed E-state index contributed by atoms with van der Waals surface area (Å²) in [7, 11) is 1.61. The molecule has 0 aromatic heterocycles. The Kier molecular flexibility index (Phi) is 6.61. The zero-order chi connectivity index (χ0) is 20.8. The molecular weight excluding hydrogens is 366 g/mol. The summed E-state index contributed by atoms with van der Waals surface area (Å²) in [5.74, 6) is 1.35. The van der Waals surface area contributed by atoms with Gasteiger partial charge in [0.2, 0.25) is 0 Å². The molecule has 6 nitrogen and oxygen atoms in total. The van der Waals surface area contributed by atoms with E-state index in [1.54, 1.807) is 7.11 Å². The summed E-state index contributed by atoms with van der Waals surface area (Å²) >= 11 is 0. The molecule has 6 heteroatoms. The van der Waals surface area contributed by atoms with E-state index < -0.39 is 0 Å². The average Bonchev–Trinajstić information content (AvgIpc) is 2.74. The average molecular weight is 393 g/mol. The molecule has 2 amide bonds. The van der Waals surface area contributed by atoms with Gasteiger partial charge in [0.25, 0.3) is 0 Å². The normalized spacial score (nSPS) is 13.8. The van der Waals surface area contributed by atoms with Crippen LogP contribution in [0.15, 0.2) is 36.4 Å². The van der Waals surface area contributed by atoms with Crippen molar-refractivity contribution in [3.63, 3.8) is 0 Å². The SMILES string of the molecule is CCOc1ccc(C(C)NC(=O)N2CCc3c(CC#N)cccc3C2)cc1OC. The van der Waals surface area contributed by atoms with E-state index in [-0.39, 0.29) is 12.1 Å². The lowest BCUT2D eigenvalue weighted by Crippen LogP contribution is -2.43. The molecule has 152 valence electrons. The number of methoxy groups -OCH3 is 1. The molecule has 1 unspecified atom stereocenters. The summed E-state index contributed by atoms with van der Waals surface area (Å²) in [6, 6.07) is 13.7. The van der Waals surface area contributed by atoms with Crippen LogP contribution >= 0.6 is 0 Å². The minimum absolute atomic E-state index is 0.0957. The summed E-state index contributed by atoms with van der Waals surface area (Å²) in [6.07, 6.45) is 1.18. The van der Waals surface area contributed by atoms with Gasteiger partial charge >= 0.3 is 6.03 Å². The van der Waals surface area contributed by atoms with Crippen molar-refractivity contribution < 1.29 is 14.3 Å². The van der Waals surface area contributed by atoms with Crippen LogP contribution in [0.4, 0.5) is 4.79 Å². The Bertz CT molecular complexity index is 920. The van der Waals surface area contributed by atoms with Crippen molar-refractivity contribution in [2.75, 3.05) is 20.3 Å². The van der Waals surface area contributed by atoms with E-state index in [1.807, 2.05) is 55.1 Å². The van der Waals surface area contributed by atoms with E-state index in [4.69, 9.17) is 14.7 Å². The summed E-state index contributed by atoms with van der Waals surface area (Å²) in [5.41, 5.74) is 4.35. The summed E-state index contributed by atoms with van der Waals surface area (Å²) in [5, 5.41) is 12.1. The molecule has 0 aliphatic carbocycles. The summed E-state index contributed by atoms with van der Waals surface area (Å²) in [4.78, 5) is 14.7. The number of benzene rings is 2. The van der Waals surface area contributed by atoms with Gasteiger partial charge in [0, 0.05) is 13.1 Å². The van der Waals surface area contributed by atoms with E-state index in [2.05, 4.69) is 11.4 Å². The maximum absolute atomic E-state index is 12.8. The zero-order valence-electron chi connectivity index (χ0n) is 17.2. The molecule has 0 saturated carbocycles. The first-order valence-electron chi connectivity index (χ1n) is 9.90. The fraction of sp³-hybridized carbons (Fsp3) is 0.391. The highest BCUT2D eigenvalue weighted by Gasteiger charge is 2.23. The van der Waals surface area contributed by atoms with Crippen molar-refractivity contribution in [2.45, 2.75) is 39.3 Å². The van der Waals surface area contributed by atoms with Gasteiger partial charge in [0.05, 0.1) is 32.2 Å². The minimum atomic E-state index is -0.168. The molecule has 1 heterocycles. The number of hydrogen-bond donors (Lipinski definition) is 1. The largest absolute Gasteiger partial charge is 0.493 e. The first-order chi connectivity index (χ1) is 14.1. The van der Waals surface area contributed by atoms with Crippen LogP contribution in [-0.4, -0.2) is 31.2 Å². The van der Waals surface area contributed by atoms with Crippen LogP contribution in [0.25, 0.3) is 0 Å². The third-order valence-corrected chi connectivity index (χ3v) is 5.25. The molecule has 2 aromatic rings. The molecule has 29 heavy (non-hydrogen) atoms. The van der Waals surface area contributed by atoms with Gasteiger partial charge in [-0.1, -0.05) is 24.3 Å².